The molecule has 0 bridgehead atoms. The van der Waals surface area contributed by atoms with E-state index in [9.17, 15) is 0 Å². The third-order valence-corrected chi connectivity index (χ3v) is 2.82. The van der Waals surface area contributed by atoms with E-state index in [4.69, 9.17) is 9.57 Å². The Labute approximate surface area is 82.3 Å². The Morgan fingerprint density at radius 2 is 2.21 bits per heavy atom. The number of hydrogen-bond acceptors (Lipinski definition) is 3. The van der Waals surface area contributed by atoms with Gasteiger partial charge >= 0.3 is 0 Å². The summed E-state index contributed by atoms with van der Waals surface area (Å²) in [6.07, 6.45) is 0.137. The number of fused-ring (bicyclic) bond motifs is 3. The molecule has 14 heavy (non-hydrogen) atoms. The van der Waals surface area contributed by atoms with Crippen LogP contribution in [0.25, 0.3) is 0 Å². The molecule has 2 aliphatic heterocycles. The van der Waals surface area contributed by atoms with E-state index in [1.807, 2.05) is 31.2 Å². The summed E-state index contributed by atoms with van der Waals surface area (Å²) in [5, 5.41) is 4.12. The van der Waals surface area contributed by atoms with Crippen LogP contribution in [0.15, 0.2) is 29.4 Å². The minimum Gasteiger partial charge on any atom is -0.492 e. The van der Waals surface area contributed by atoms with E-state index >= 15 is 0 Å². The SMILES string of the molecule is CC1ON=C2c3ccccc3OCC21. The van der Waals surface area contributed by atoms with Gasteiger partial charge in [-0.05, 0) is 19.1 Å². The van der Waals surface area contributed by atoms with Crippen molar-refractivity contribution in [3.63, 3.8) is 0 Å². The average molecular weight is 189 g/mol. The van der Waals surface area contributed by atoms with E-state index in [0.717, 1.165) is 17.0 Å². The van der Waals surface area contributed by atoms with E-state index < -0.39 is 0 Å². The van der Waals surface area contributed by atoms with Gasteiger partial charge < -0.3 is 9.57 Å². The standard InChI is InChI=1S/C11H11NO2/c1-7-9-6-13-10-5-3-2-4-8(10)11(9)12-14-7/h2-5,7,9H,6H2,1H3. The summed E-state index contributed by atoms with van der Waals surface area (Å²) in [5.41, 5.74) is 2.12. The van der Waals surface area contributed by atoms with Crippen LogP contribution in [0.5, 0.6) is 5.75 Å². The number of oxime groups is 1. The van der Waals surface area contributed by atoms with E-state index in [2.05, 4.69) is 5.16 Å². The van der Waals surface area contributed by atoms with Gasteiger partial charge in [-0.2, -0.15) is 0 Å². The van der Waals surface area contributed by atoms with Gasteiger partial charge in [-0.25, -0.2) is 0 Å². The molecule has 3 nitrogen and oxygen atoms in total. The first-order chi connectivity index (χ1) is 6.86. The molecule has 1 aromatic rings. The molecule has 3 rings (SSSR count). The summed E-state index contributed by atoms with van der Waals surface area (Å²) < 4.78 is 5.65. The van der Waals surface area contributed by atoms with Crippen molar-refractivity contribution in [1.82, 2.24) is 0 Å². The largest absolute Gasteiger partial charge is 0.492 e. The van der Waals surface area contributed by atoms with Crippen molar-refractivity contribution in [2.24, 2.45) is 11.1 Å². The molecule has 2 heterocycles. The van der Waals surface area contributed by atoms with Crippen molar-refractivity contribution < 1.29 is 9.57 Å². The molecule has 0 fully saturated rings. The Kier molecular flexibility index (Phi) is 1.54. The molecule has 3 heteroatoms. The second kappa shape index (κ2) is 2.74. The van der Waals surface area contributed by atoms with Crippen LogP contribution in [0.2, 0.25) is 0 Å². The molecule has 0 saturated heterocycles. The molecule has 0 aliphatic carbocycles. The van der Waals surface area contributed by atoms with Crippen molar-refractivity contribution in [1.29, 1.82) is 0 Å². The Morgan fingerprint density at radius 1 is 1.36 bits per heavy atom. The fourth-order valence-corrected chi connectivity index (χ4v) is 1.95. The lowest BCUT2D eigenvalue weighted by molar-refractivity contribution is 0.0626. The highest BCUT2D eigenvalue weighted by Gasteiger charge is 2.36. The minimum absolute atomic E-state index is 0.137. The Morgan fingerprint density at radius 3 is 3.14 bits per heavy atom. The lowest BCUT2D eigenvalue weighted by atomic mass is 9.91. The van der Waals surface area contributed by atoms with E-state index in [1.165, 1.54) is 0 Å². The van der Waals surface area contributed by atoms with Crippen molar-refractivity contribution in [2.45, 2.75) is 13.0 Å². The number of ether oxygens (including phenoxy) is 1. The first-order valence-corrected chi connectivity index (χ1v) is 4.82. The van der Waals surface area contributed by atoms with E-state index in [0.29, 0.717) is 12.5 Å². The Bertz CT molecular complexity index is 400. The van der Waals surface area contributed by atoms with Crippen LogP contribution in [-0.2, 0) is 4.84 Å². The fraction of sp³-hybridized carbons (Fsp3) is 0.364. The second-order valence-corrected chi connectivity index (χ2v) is 3.70. The maximum atomic E-state index is 5.65. The molecule has 2 atom stereocenters. The number of rotatable bonds is 0. The highest BCUT2D eigenvalue weighted by molar-refractivity contribution is 6.06. The molecule has 0 saturated carbocycles. The van der Waals surface area contributed by atoms with Gasteiger partial charge in [0.25, 0.3) is 0 Å². The molecule has 0 aromatic heterocycles. The number of hydrogen-bond donors (Lipinski definition) is 0. The second-order valence-electron chi connectivity index (χ2n) is 3.70. The van der Waals surface area contributed by atoms with Gasteiger partial charge in [0, 0.05) is 5.56 Å². The predicted molar refractivity (Wildman–Crippen MR) is 52.5 cm³/mol. The van der Waals surface area contributed by atoms with Crippen LogP contribution in [-0.4, -0.2) is 18.4 Å². The quantitative estimate of drug-likeness (QED) is 0.623. The highest BCUT2D eigenvalue weighted by atomic mass is 16.6. The van der Waals surface area contributed by atoms with Gasteiger partial charge in [0.1, 0.15) is 24.2 Å². The summed E-state index contributed by atoms with van der Waals surface area (Å²) in [6, 6.07) is 7.97. The van der Waals surface area contributed by atoms with Crippen molar-refractivity contribution >= 4 is 5.71 Å². The molecule has 1 aromatic carbocycles. The predicted octanol–water partition coefficient (Wildman–Crippen LogP) is 1.82. The maximum Gasteiger partial charge on any atom is 0.136 e. The van der Waals surface area contributed by atoms with Crippen LogP contribution >= 0.6 is 0 Å². The lowest BCUT2D eigenvalue weighted by Gasteiger charge is -2.23. The summed E-state index contributed by atoms with van der Waals surface area (Å²) in [5.74, 6) is 1.21. The first kappa shape index (κ1) is 7.85. The summed E-state index contributed by atoms with van der Waals surface area (Å²) in [7, 11) is 0. The molecule has 2 unspecified atom stereocenters. The zero-order chi connectivity index (χ0) is 9.54. The van der Waals surface area contributed by atoms with Crippen molar-refractivity contribution in [3.05, 3.63) is 29.8 Å². The first-order valence-electron chi connectivity index (χ1n) is 4.82. The van der Waals surface area contributed by atoms with E-state index in [-0.39, 0.29) is 6.10 Å². The molecular weight excluding hydrogens is 178 g/mol. The topological polar surface area (TPSA) is 30.8 Å². The molecule has 0 radical (unpaired) electrons. The smallest absolute Gasteiger partial charge is 0.136 e. The monoisotopic (exact) mass is 189 g/mol. The molecule has 0 N–H and O–H groups in total. The molecule has 72 valence electrons. The lowest BCUT2D eigenvalue weighted by Crippen LogP contribution is -2.31. The maximum absolute atomic E-state index is 5.65. The number of para-hydroxylation sites is 1. The summed E-state index contributed by atoms with van der Waals surface area (Å²) in [6.45, 7) is 2.70. The van der Waals surface area contributed by atoms with Gasteiger partial charge in [0.05, 0.1) is 5.92 Å². The van der Waals surface area contributed by atoms with Gasteiger partial charge in [-0.3, -0.25) is 0 Å². The molecule has 0 amide bonds. The number of nitrogens with zero attached hydrogens (tertiary/aromatic N) is 1. The zero-order valence-corrected chi connectivity index (χ0v) is 7.93. The minimum atomic E-state index is 0.137. The van der Waals surface area contributed by atoms with Crippen LogP contribution < -0.4 is 4.74 Å². The van der Waals surface area contributed by atoms with Crippen LogP contribution in [0.1, 0.15) is 12.5 Å². The van der Waals surface area contributed by atoms with E-state index in [1.54, 1.807) is 0 Å². The fourth-order valence-electron chi connectivity index (χ4n) is 1.95. The summed E-state index contributed by atoms with van der Waals surface area (Å²) >= 11 is 0. The zero-order valence-electron chi connectivity index (χ0n) is 7.93. The van der Waals surface area contributed by atoms with Gasteiger partial charge in [-0.15, -0.1) is 0 Å². The molecule has 2 aliphatic rings. The molecular formula is C11H11NO2. The average Bonchev–Trinajstić information content (AvgIpc) is 2.61. The van der Waals surface area contributed by atoms with Gasteiger partial charge in [-0.1, -0.05) is 17.3 Å². The number of benzene rings is 1. The third-order valence-electron chi connectivity index (χ3n) is 2.82. The van der Waals surface area contributed by atoms with Crippen LogP contribution in [0.4, 0.5) is 0 Å². The highest BCUT2D eigenvalue weighted by Crippen LogP contribution is 2.33. The summed E-state index contributed by atoms with van der Waals surface area (Å²) in [4.78, 5) is 5.26. The van der Waals surface area contributed by atoms with Gasteiger partial charge in [0.2, 0.25) is 0 Å². The normalized spacial score (nSPS) is 28.2. The molecule has 0 spiro atoms. The van der Waals surface area contributed by atoms with Crippen molar-refractivity contribution in [2.75, 3.05) is 6.61 Å². The Balaban J connectivity index is 2.10. The van der Waals surface area contributed by atoms with Crippen LogP contribution in [0, 0.1) is 5.92 Å². The Hall–Kier alpha value is -1.51. The third kappa shape index (κ3) is 0.953. The van der Waals surface area contributed by atoms with Crippen LogP contribution in [0.3, 0.4) is 0 Å². The van der Waals surface area contributed by atoms with Crippen molar-refractivity contribution in [3.8, 4) is 5.75 Å². The van der Waals surface area contributed by atoms with Gasteiger partial charge in [0.15, 0.2) is 0 Å².